The van der Waals surface area contributed by atoms with Crippen LogP contribution in [0.15, 0.2) is 48.6 Å². The maximum absolute atomic E-state index is 13.1. The first kappa shape index (κ1) is 29.0. The highest BCUT2D eigenvalue weighted by Gasteiger charge is 2.44. The SMILES string of the molecule is CCC/C=C/C(O)[C@@H]1CC[C@H]1CN1C[C@@]2(CCCc3cc(Cl)ccc32)COc2ccc(C(=O)OC(C)(C)C)cc21. The third-order valence-electron chi connectivity index (χ3n) is 8.83. The largest absolute Gasteiger partial charge is 0.490 e. The third kappa shape index (κ3) is 6.21. The van der Waals surface area contributed by atoms with Crippen molar-refractivity contribution in [1.29, 1.82) is 0 Å². The van der Waals surface area contributed by atoms with Gasteiger partial charge in [-0.1, -0.05) is 43.2 Å². The number of aliphatic hydroxyl groups excluding tert-OH is 1. The van der Waals surface area contributed by atoms with E-state index >= 15 is 0 Å². The van der Waals surface area contributed by atoms with E-state index in [0.29, 0.717) is 18.1 Å². The summed E-state index contributed by atoms with van der Waals surface area (Å²) in [5.74, 6) is 1.07. The van der Waals surface area contributed by atoms with Crippen LogP contribution in [0.4, 0.5) is 5.69 Å². The summed E-state index contributed by atoms with van der Waals surface area (Å²) in [4.78, 5) is 15.5. The van der Waals surface area contributed by atoms with E-state index in [4.69, 9.17) is 21.1 Å². The molecule has 2 aliphatic carbocycles. The second-order valence-electron chi connectivity index (χ2n) is 13.0. The number of aryl methyl sites for hydroxylation is 1. The van der Waals surface area contributed by atoms with Crippen molar-refractivity contribution in [3.05, 3.63) is 70.3 Å². The van der Waals surface area contributed by atoms with Crippen LogP contribution in [0.3, 0.4) is 0 Å². The number of aliphatic hydroxyl groups is 1. The summed E-state index contributed by atoms with van der Waals surface area (Å²) >= 11 is 6.40. The molecule has 1 aliphatic heterocycles. The smallest absolute Gasteiger partial charge is 0.338 e. The first-order chi connectivity index (χ1) is 19.1. The van der Waals surface area contributed by atoms with Crippen molar-refractivity contribution >= 4 is 23.3 Å². The molecule has 5 nitrogen and oxygen atoms in total. The summed E-state index contributed by atoms with van der Waals surface area (Å²) in [6, 6.07) is 12.0. The number of unbranched alkanes of at least 4 members (excludes halogenated alkanes) is 1. The molecular formula is C34H44ClNO4. The normalized spacial score (nSPS) is 25.0. The second kappa shape index (κ2) is 11.8. The summed E-state index contributed by atoms with van der Waals surface area (Å²) in [5.41, 5.74) is 3.34. The highest BCUT2D eigenvalue weighted by molar-refractivity contribution is 6.30. The fourth-order valence-corrected chi connectivity index (χ4v) is 6.87. The summed E-state index contributed by atoms with van der Waals surface area (Å²) in [7, 11) is 0. The quantitative estimate of drug-likeness (QED) is 0.278. The average Bonchev–Trinajstić information content (AvgIpc) is 3.03. The Morgan fingerprint density at radius 2 is 2.08 bits per heavy atom. The van der Waals surface area contributed by atoms with Gasteiger partial charge in [-0.2, -0.15) is 0 Å². The molecule has 0 aromatic heterocycles. The third-order valence-corrected chi connectivity index (χ3v) is 9.07. The molecule has 4 atom stereocenters. The number of hydrogen-bond acceptors (Lipinski definition) is 5. The monoisotopic (exact) mass is 565 g/mol. The molecule has 5 rings (SSSR count). The lowest BCUT2D eigenvalue weighted by atomic mass is 9.68. The Hall–Kier alpha value is -2.50. The number of ether oxygens (including phenoxy) is 2. The Morgan fingerprint density at radius 1 is 1.25 bits per heavy atom. The Labute approximate surface area is 244 Å². The van der Waals surface area contributed by atoms with Crippen LogP contribution in [0.2, 0.25) is 5.02 Å². The first-order valence-corrected chi connectivity index (χ1v) is 15.4. The van der Waals surface area contributed by atoms with Gasteiger partial charge < -0.3 is 19.5 Å². The first-order valence-electron chi connectivity index (χ1n) is 15.0. The summed E-state index contributed by atoms with van der Waals surface area (Å²) in [6.07, 6.45) is 11.0. The van der Waals surface area contributed by atoms with Gasteiger partial charge in [-0.3, -0.25) is 0 Å². The molecule has 2 aromatic rings. The number of allylic oxidation sites excluding steroid dienone is 1. The molecule has 0 amide bonds. The number of anilines is 1. The van der Waals surface area contributed by atoms with E-state index in [9.17, 15) is 9.90 Å². The number of hydrogen-bond donors (Lipinski definition) is 1. The second-order valence-corrected chi connectivity index (χ2v) is 13.4. The Morgan fingerprint density at radius 3 is 2.80 bits per heavy atom. The van der Waals surface area contributed by atoms with Crippen molar-refractivity contribution in [3.8, 4) is 5.75 Å². The fourth-order valence-electron chi connectivity index (χ4n) is 6.68. The molecular weight excluding hydrogens is 522 g/mol. The van der Waals surface area contributed by atoms with Gasteiger partial charge in [-0.05, 0) is 113 Å². The van der Waals surface area contributed by atoms with Gasteiger partial charge in [0.2, 0.25) is 0 Å². The van der Waals surface area contributed by atoms with Gasteiger partial charge in [0, 0.05) is 23.5 Å². The van der Waals surface area contributed by atoms with E-state index in [1.54, 1.807) is 0 Å². The minimum atomic E-state index is -0.572. The molecule has 6 heteroatoms. The van der Waals surface area contributed by atoms with Crippen molar-refractivity contribution < 1.29 is 19.4 Å². The number of nitrogens with zero attached hydrogens (tertiary/aromatic N) is 1. The standard InChI is InChI=1S/C34H44ClNO4/c1-5-6-7-10-30(37)27-14-11-25(27)20-36-21-34(17-8-9-23-18-26(35)13-15-28(23)34)22-39-31-16-12-24(19-29(31)36)32(38)40-33(2,3)4/h7,10,12-13,15-16,18-19,25,27,30,37H,5-6,8-9,11,14,17,20-22H2,1-4H3/b10-7+/t25-,27+,30?,34-/m0/s1. The van der Waals surface area contributed by atoms with Crippen LogP contribution in [0.5, 0.6) is 5.75 Å². The molecule has 0 radical (unpaired) electrons. The molecule has 0 saturated heterocycles. The Bertz CT molecular complexity index is 1250. The highest BCUT2D eigenvalue weighted by atomic mass is 35.5. The molecule has 1 fully saturated rings. The summed E-state index contributed by atoms with van der Waals surface area (Å²) in [6.45, 7) is 9.99. The number of halogens is 1. The molecule has 1 heterocycles. The molecule has 1 spiro atoms. The zero-order valence-corrected chi connectivity index (χ0v) is 25.2. The fraction of sp³-hybridized carbons (Fsp3) is 0.559. The predicted octanol–water partition coefficient (Wildman–Crippen LogP) is 7.51. The van der Waals surface area contributed by atoms with Gasteiger partial charge in [-0.25, -0.2) is 4.79 Å². The Balaban J connectivity index is 1.49. The van der Waals surface area contributed by atoms with Crippen LogP contribution in [-0.4, -0.2) is 42.5 Å². The minimum Gasteiger partial charge on any atom is -0.490 e. The average molecular weight is 566 g/mol. The molecule has 2 aromatic carbocycles. The number of carbonyl (C=O) groups is 1. The summed E-state index contributed by atoms with van der Waals surface area (Å²) < 4.78 is 12.3. The molecule has 216 valence electrons. The van der Waals surface area contributed by atoms with Gasteiger partial charge in [0.15, 0.2) is 0 Å². The van der Waals surface area contributed by atoms with Crippen LogP contribution in [-0.2, 0) is 16.6 Å². The number of fused-ring (bicyclic) bond motifs is 3. The van der Waals surface area contributed by atoms with E-state index in [1.807, 2.05) is 51.1 Å². The topological polar surface area (TPSA) is 59.0 Å². The zero-order valence-electron chi connectivity index (χ0n) is 24.4. The molecule has 1 unspecified atom stereocenters. The highest BCUT2D eigenvalue weighted by Crippen LogP contribution is 2.46. The lowest BCUT2D eigenvalue weighted by molar-refractivity contribution is 0.00695. The maximum atomic E-state index is 13.1. The van der Waals surface area contributed by atoms with Gasteiger partial charge in [0.05, 0.1) is 24.0 Å². The van der Waals surface area contributed by atoms with Crippen LogP contribution in [0, 0.1) is 11.8 Å². The predicted molar refractivity (Wildman–Crippen MR) is 162 cm³/mol. The number of benzene rings is 2. The maximum Gasteiger partial charge on any atom is 0.338 e. The lowest BCUT2D eigenvalue weighted by Crippen LogP contribution is -2.49. The van der Waals surface area contributed by atoms with E-state index in [-0.39, 0.29) is 17.3 Å². The lowest BCUT2D eigenvalue weighted by Gasteiger charge is -2.45. The van der Waals surface area contributed by atoms with E-state index in [1.165, 1.54) is 11.1 Å². The van der Waals surface area contributed by atoms with Crippen molar-refractivity contribution in [2.45, 2.75) is 89.8 Å². The molecule has 1 N–H and O–H groups in total. The van der Waals surface area contributed by atoms with E-state index < -0.39 is 11.7 Å². The molecule has 3 aliphatic rings. The van der Waals surface area contributed by atoms with Gasteiger partial charge in [0.1, 0.15) is 11.4 Å². The number of rotatable bonds is 7. The van der Waals surface area contributed by atoms with Crippen molar-refractivity contribution in [1.82, 2.24) is 0 Å². The van der Waals surface area contributed by atoms with E-state index in [0.717, 1.165) is 74.5 Å². The Kier molecular flexibility index (Phi) is 8.54. The van der Waals surface area contributed by atoms with Gasteiger partial charge in [-0.15, -0.1) is 0 Å². The van der Waals surface area contributed by atoms with Crippen LogP contribution >= 0.6 is 11.6 Å². The van der Waals surface area contributed by atoms with Gasteiger partial charge >= 0.3 is 5.97 Å². The van der Waals surface area contributed by atoms with Crippen LogP contribution < -0.4 is 9.64 Å². The van der Waals surface area contributed by atoms with E-state index in [2.05, 4.69) is 30.0 Å². The van der Waals surface area contributed by atoms with Crippen molar-refractivity contribution in [3.63, 3.8) is 0 Å². The van der Waals surface area contributed by atoms with Crippen molar-refractivity contribution in [2.24, 2.45) is 11.8 Å². The van der Waals surface area contributed by atoms with Crippen LogP contribution in [0.25, 0.3) is 0 Å². The molecule has 1 saturated carbocycles. The van der Waals surface area contributed by atoms with Crippen molar-refractivity contribution in [2.75, 3.05) is 24.6 Å². The minimum absolute atomic E-state index is 0.178. The zero-order chi connectivity index (χ0) is 28.5. The molecule has 40 heavy (non-hydrogen) atoms. The van der Waals surface area contributed by atoms with Crippen LogP contribution in [0.1, 0.15) is 87.7 Å². The molecule has 0 bridgehead atoms. The number of carbonyl (C=O) groups excluding carboxylic acids is 1. The number of esters is 1. The van der Waals surface area contributed by atoms with Gasteiger partial charge in [0.25, 0.3) is 0 Å². The summed E-state index contributed by atoms with van der Waals surface area (Å²) in [5, 5.41) is 11.7.